The van der Waals surface area contributed by atoms with Gasteiger partial charge in [0, 0.05) is 10.0 Å². The van der Waals surface area contributed by atoms with Crippen LogP contribution in [-0.4, -0.2) is 5.78 Å². The van der Waals surface area contributed by atoms with E-state index in [0.717, 1.165) is 0 Å². The van der Waals surface area contributed by atoms with Crippen LogP contribution < -0.4 is 0 Å². The minimum atomic E-state index is -0.167. The van der Waals surface area contributed by atoms with E-state index in [4.69, 9.17) is 16.9 Å². The molecule has 0 spiro atoms. The summed E-state index contributed by atoms with van der Waals surface area (Å²) in [6, 6.07) is 5.08. The van der Waals surface area contributed by atoms with Gasteiger partial charge < -0.3 is 0 Å². The first-order valence-electron chi connectivity index (χ1n) is 3.46. The topological polar surface area (TPSA) is 40.9 Å². The average molecular weight is 259 g/mol. The van der Waals surface area contributed by atoms with E-state index in [-0.39, 0.29) is 11.3 Å². The maximum Gasteiger partial charge on any atom is 0.161 e. The number of nitrogens with zero attached hydrogens (tertiary/aromatic N) is 1. The highest BCUT2D eigenvalue weighted by Gasteiger charge is 2.11. The Kier molecular flexibility index (Phi) is 3.07. The number of carbonyl (C=O) groups is 1. The lowest BCUT2D eigenvalue weighted by molar-refractivity contribution is 0.101. The predicted octanol–water partition coefficient (Wildman–Crippen LogP) is 3.18. The molecule has 66 valence electrons. The molecule has 0 heterocycles. The summed E-state index contributed by atoms with van der Waals surface area (Å²) < 4.78 is 0.696. The van der Waals surface area contributed by atoms with Crippen LogP contribution in [0.5, 0.6) is 0 Å². The number of ketones is 1. The van der Waals surface area contributed by atoms with Crippen molar-refractivity contribution in [2.75, 3.05) is 0 Å². The van der Waals surface area contributed by atoms with Gasteiger partial charge in [-0.25, -0.2) is 0 Å². The van der Waals surface area contributed by atoms with Gasteiger partial charge in [-0.3, -0.25) is 4.79 Å². The summed E-state index contributed by atoms with van der Waals surface area (Å²) in [5, 5.41) is 9.03. The third kappa shape index (κ3) is 2.09. The molecule has 0 aliphatic rings. The molecule has 0 saturated heterocycles. The SMILES string of the molecule is CC(=O)c1cc(Br)cc(Cl)c1C#N. The molecule has 0 bridgehead atoms. The van der Waals surface area contributed by atoms with Crippen molar-refractivity contribution in [3.63, 3.8) is 0 Å². The van der Waals surface area contributed by atoms with Gasteiger partial charge in [-0.2, -0.15) is 5.26 Å². The van der Waals surface area contributed by atoms with Gasteiger partial charge in [0.1, 0.15) is 6.07 Å². The lowest BCUT2D eigenvalue weighted by atomic mass is 10.1. The van der Waals surface area contributed by atoms with E-state index >= 15 is 0 Å². The molecule has 2 nitrogen and oxygen atoms in total. The number of hydrogen-bond donors (Lipinski definition) is 0. The zero-order valence-electron chi connectivity index (χ0n) is 6.77. The number of nitriles is 1. The molecule has 4 heteroatoms. The highest BCUT2D eigenvalue weighted by Crippen LogP contribution is 2.25. The molecule has 0 aliphatic heterocycles. The van der Waals surface area contributed by atoms with Crippen molar-refractivity contribution in [3.05, 3.63) is 32.8 Å². The van der Waals surface area contributed by atoms with E-state index in [0.29, 0.717) is 15.1 Å². The molecule has 0 radical (unpaired) electrons. The van der Waals surface area contributed by atoms with Crippen LogP contribution in [-0.2, 0) is 0 Å². The summed E-state index contributed by atoms with van der Waals surface area (Å²) in [5.74, 6) is -0.167. The van der Waals surface area contributed by atoms with Gasteiger partial charge >= 0.3 is 0 Å². The minimum absolute atomic E-state index is 0.167. The minimum Gasteiger partial charge on any atom is -0.294 e. The summed E-state index contributed by atoms with van der Waals surface area (Å²) in [6.45, 7) is 1.40. The van der Waals surface area contributed by atoms with Gasteiger partial charge in [-0.05, 0) is 19.1 Å². The van der Waals surface area contributed by atoms with E-state index in [1.165, 1.54) is 6.92 Å². The lowest BCUT2D eigenvalue weighted by Crippen LogP contribution is -1.97. The Balaban J connectivity index is 3.50. The first-order valence-corrected chi connectivity index (χ1v) is 4.63. The summed E-state index contributed by atoms with van der Waals surface area (Å²) in [5.41, 5.74) is 0.583. The standard InChI is InChI=1S/C9H5BrClNO/c1-5(13)7-2-6(10)3-9(11)8(7)4-12/h2-3H,1H3. The first kappa shape index (κ1) is 10.2. The number of rotatable bonds is 1. The van der Waals surface area contributed by atoms with Crippen molar-refractivity contribution in [3.8, 4) is 6.07 Å². The van der Waals surface area contributed by atoms with Crippen LogP contribution in [0.1, 0.15) is 22.8 Å². The van der Waals surface area contributed by atoms with Crippen LogP contribution >= 0.6 is 27.5 Å². The molecular weight excluding hydrogens is 253 g/mol. The predicted molar refractivity (Wildman–Crippen MR) is 53.9 cm³/mol. The van der Waals surface area contributed by atoms with Crippen molar-refractivity contribution in [1.29, 1.82) is 5.26 Å². The number of carbonyl (C=O) groups excluding carboxylic acids is 1. The molecule has 0 amide bonds. The van der Waals surface area contributed by atoms with Crippen LogP contribution in [0.25, 0.3) is 0 Å². The second-order valence-electron chi connectivity index (χ2n) is 2.48. The van der Waals surface area contributed by atoms with Gasteiger partial charge in [0.05, 0.1) is 10.6 Å². The van der Waals surface area contributed by atoms with Crippen molar-refractivity contribution < 1.29 is 4.79 Å². The van der Waals surface area contributed by atoms with Crippen LogP contribution in [0.4, 0.5) is 0 Å². The maximum absolute atomic E-state index is 11.1. The third-order valence-electron chi connectivity index (χ3n) is 1.55. The molecular formula is C9H5BrClNO. The summed E-state index contributed by atoms with van der Waals surface area (Å²) >= 11 is 8.97. The molecule has 0 saturated carbocycles. The Bertz CT molecular complexity index is 409. The molecule has 0 fully saturated rings. The molecule has 0 unspecified atom stereocenters. The Morgan fingerprint density at radius 1 is 1.62 bits per heavy atom. The Morgan fingerprint density at radius 2 is 2.23 bits per heavy atom. The van der Waals surface area contributed by atoms with E-state index in [9.17, 15) is 4.79 Å². The fourth-order valence-corrected chi connectivity index (χ4v) is 1.82. The molecule has 1 aromatic carbocycles. The Morgan fingerprint density at radius 3 is 2.69 bits per heavy atom. The van der Waals surface area contributed by atoms with Gasteiger partial charge in [0.25, 0.3) is 0 Å². The summed E-state index contributed by atoms with van der Waals surface area (Å²) in [7, 11) is 0. The van der Waals surface area contributed by atoms with Crippen LogP contribution in [0, 0.1) is 11.3 Å². The Labute approximate surface area is 89.3 Å². The number of benzene rings is 1. The molecule has 13 heavy (non-hydrogen) atoms. The highest BCUT2D eigenvalue weighted by atomic mass is 79.9. The number of hydrogen-bond acceptors (Lipinski definition) is 2. The normalized spacial score (nSPS) is 9.38. The molecule has 0 atom stereocenters. The monoisotopic (exact) mass is 257 g/mol. The van der Waals surface area contributed by atoms with Crippen LogP contribution in [0.2, 0.25) is 5.02 Å². The fraction of sp³-hybridized carbons (Fsp3) is 0.111. The van der Waals surface area contributed by atoms with Crippen LogP contribution in [0.3, 0.4) is 0 Å². The smallest absolute Gasteiger partial charge is 0.161 e. The van der Waals surface area contributed by atoms with Crippen molar-refractivity contribution in [1.82, 2.24) is 0 Å². The quantitative estimate of drug-likeness (QED) is 0.726. The second kappa shape index (κ2) is 3.91. The van der Waals surface area contributed by atoms with E-state index in [1.54, 1.807) is 12.1 Å². The molecule has 1 aromatic rings. The van der Waals surface area contributed by atoms with E-state index in [2.05, 4.69) is 15.9 Å². The van der Waals surface area contributed by atoms with Gasteiger partial charge in [-0.1, -0.05) is 27.5 Å². The van der Waals surface area contributed by atoms with Crippen molar-refractivity contribution >= 4 is 33.3 Å². The Hall–Kier alpha value is -0.850. The summed E-state index contributed by atoms with van der Waals surface area (Å²) in [6.07, 6.45) is 0. The second-order valence-corrected chi connectivity index (χ2v) is 3.80. The fourth-order valence-electron chi connectivity index (χ4n) is 0.965. The van der Waals surface area contributed by atoms with E-state index in [1.807, 2.05) is 6.07 Å². The van der Waals surface area contributed by atoms with Gasteiger partial charge in [0.15, 0.2) is 5.78 Å². The largest absolute Gasteiger partial charge is 0.294 e. The zero-order chi connectivity index (χ0) is 10.0. The lowest BCUT2D eigenvalue weighted by Gasteiger charge is -2.02. The van der Waals surface area contributed by atoms with Gasteiger partial charge in [-0.15, -0.1) is 0 Å². The van der Waals surface area contributed by atoms with Crippen molar-refractivity contribution in [2.45, 2.75) is 6.92 Å². The molecule has 0 aromatic heterocycles. The van der Waals surface area contributed by atoms with E-state index < -0.39 is 0 Å². The number of Topliss-reactive ketones (excluding diaryl/α,β-unsaturated/α-hetero) is 1. The van der Waals surface area contributed by atoms with Crippen LogP contribution in [0.15, 0.2) is 16.6 Å². The molecule has 0 N–H and O–H groups in total. The number of halogens is 2. The zero-order valence-corrected chi connectivity index (χ0v) is 9.11. The maximum atomic E-state index is 11.1. The van der Waals surface area contributed by atoms with Crippen molar-refractivity contribution in [2.24, 2.45) is 0 Å². The highest BCUT2D eigenvalue weighted by molar-refractivity contribution is 9.10. The molecule has 0 aliphatic carbocycles. The first-order chi connectivity index (χ1) is 6.06. The third-order valence-corrected chi connectivity index (χ3v) is 2.30. The summed E-state index contributed by atoms with van der Waals surface area (Å²) in [4.78, 5) is 11.1. The molecule has 1 rings (SSSR count). The average Bonchev–Trinajstić information content (AvgIpc) is 2.02. The van der Waals surface area contributed by atoms with Gasteiger partial charge in [0.2, 0.25) is 0 Å².